The van der Waals surface area contributed by atoms with Crippen LogP contribution in [0, 0.1) is 0 Å². The molecule has 1 N–H and O–H groups in total. The fourth-order valence-electron chi connectivity index (χ4n) is 1.35. The largest absolute Gasteiger partial charge is 0.478 e. The lowest BCUT2D eigenvalue weighted by molar-refractivity contribution is 0.0696. The molecule has 1 heterocycles. The number of rotatable bonds is 3. The van der Waals surface area contributed by atoms with Gasteiger partial charge in [-0.05, 0) is 31.1 Å². The Kier molecular flexibility index (Phi) is 3.00. The molecule has 0 aliphatic heterocycles. The van der Waals surface area contributed by atoms with Gasteiger partial charge in [-0.2, -0.15) is 0 Å². The molecule has 0 amide bonds. The first kappa shape index (κ1) is 10.4. The van der Waals surface area contributed by atoms with Crippen LogP contribution in [0.2, 0.25) is 0 Å². The number of hydrogen-bond donors (Lipinski definition) is 1. The van der Waals surface area contributed by atoms with Crippen LogP contribution in [-0.2, 0) is 0 Å². The molecule has 0 fully saturated rings. The van der Waals surface area contributed by atoms with Crippen LogP contribution in [0.1, 0.15) is 23.2 Å². The first-order valence-corrected chi connectivity index (χ1v) is 4.99. The monoisotopic (exact) mass is 217 g/mol. The molecular weight excluding hydrogens is 206 g/mol. The molecule has 0 radical (unpaired) electrons. The van der Waals surface area contributed by atoms with Gasteiger partial charge in [0.05, 0.1) is 5.56 Å². The van der Waals surface area contributed by atoms with Gasteiger partial charge in [0.1, 0.15) is 5.76 Å². The zero-order chi connectivity index (χ0) is 11.4. The molecule has 4 nitrogen and oxygen atoms in total. The highest BCUT2D eigenvalue weighted by Gasteiger charge is 2.05. The summed E-state index contributed by atoms with van der Waals surface area (Å²) in [5, 5.41) is 8.69. The van der Waals surface area contributed by atoms with Gasteiger partial charge in [0.25, 0.3) is 0 Å². The van der Waals surface area contributed by atoms with Crippen LogP contribution in [0.15, 0.2) is 42.3 Å². The molecule has 0 unspecified atom stereocenters. The maximum absolute atomic E-state index is 10.6. The topological polar surface area (TPSA) is 59.4 Å². The number of carbonyl (C=O) groups is 1. The van der Waals surface area contributed by atoms with Crippen LogP contribution in [0.4, 0.5) is 0 Å². The lowest BCUT2D eigenvalue weighted by Gasteiger charge is -2.08. The van der Waals surface area contributed by atoms with Gasteiger partial charge in [-0.3, -0.25) is 0 Å². The summed E-state index contributed by atoms with van der Waals surface area (Å²) in [6, 6.07) is 3.02. The summed E-state index contributed by atoms with van der Waals surface area (Å²) >= 11 is 0. The molecule has 2 rings (SSSR count). The van der Waals surface area contributed by atoms with Crippen molar-refractivity contribution in [3.63, 3.8) is 0 Å². The second-order valence-corrected chi connectivity index (χ2v) is 3.38. The average Bonchev–Trinajstić information content (AvgIpc) is 2.31. The summed E-state index contributed by atoms with van der Waals surface area (Å²) in [6.45, 7) is 0. The fraction of sp³-hybridized carbons (Fsp3) is 0.167. The van der Waals surface area contributed by atoms with E-state index in [2.05, 4.69) is 4.98 Å². The molecule has 1 aromatic rings. The van der Waals surface area contributed by atoms with E-state index < -0.39 is 5.97 Å². The van der Waals surface area contributed by atoms with Crippen molar-refractivity contribution in [1.82, 2.24) is 4.98 Å². The van der Waals surface area contributed by atoms with Gasteiger partial charge in [0.15, 0.2) is 0 Å². The Morgan fingerprint density at radius 2 is 2.25 bits per heavy atom. The average molecular weight is 217 g/mol. The lowest BCUT2D eigenvalue weighted by Crippen LogP contribution is -2.00. The second-order valence-electron chi connectivity index (χ2n) is 3.38. The van der Waals surface area contributed by atoms with Crippen LogP contribution in [0.5, 0.6) is 5.88 Å². The summed E-state index contributed by atoms with van der Waals surface area (Å²) in [4.78, 5) is 14.5. The third-order valence-electron chi connectivity index (χ3n) is 2.17. The Morgan fingerprint density at radius 3 is 2.81 bits per heavy atom. The first-order chi connectivity index (χ1) is 7.75. The second kappa shape index (κ2) is 4.61. The van der Waals surface area contributed by atoms with Gasteiger partial charge < -0.3 is 9.84 Å². The summed E-state index contributed by atoms with van der Waals surface area (Å²) in [6.07, 6.45) is 9.16. The van der Waals surface area contributed by atoms with Crippen molar-refractivity contribution in [3.05, 3.63) is 47.9 Å². The van der Waals surface area contributed by atoms with Crippen molar-refractivity contribution < 1.29 is 14.6 Å². The predicted molar refractivity (Wildman–Crippen MR) is 58.3 cm³/mol. The number of aromatic carboxylic acids is 1. The number of allylic oxidation sites excluding steroid dienone is 3. The predicted octanol–water partition coefficient (Wildman–Crippen LogP) is 2.39. The molecule has 1 aliphatic carbocycles. The van der Waals surface area contributed by atoms with Crippen molar-refractivity contribution >= 4 is 5.97 Å². The van der Waals surface area contributed by atoms with Gasteiger partial charge in [-0.15, -0.1) is 0 Å². The number of carboxylic acid groups (broad SMARTS) is 1. The molecule has 0 saturated carbocycles. The minimum Gasteiger partial charge on any atom is -0.478 e. The number of pyridine rings is 1. The molecule has 1 aromatic heterocycles. The van der Waals surface area contributed by atoms with E-state index in [0.29, 0.717) is 5.88 Å². The van der Waals surface area contributed by atoms with Crippen molar-refractivity contribution in [2.45, 2.75) is 12.8 Å². The van der Waals surface area contributed by atoms with E-state index in [1.165, 1.54) is 12.3 Å². The third kappa shape index (κ3) is 2.48. The van der Waals surface area contributed by atoms with E-state index in [9.17, 15) is 4.79 Å². The van der Waals surface area contributed by atoms with E-state index in [0.717, 1.165) is 18.6 Å². The van der Waals surface area contributed by atoms with E-state index in [4.69, 9.17) is 9.84 Å². The van der Waals surface area contributed by atoms with E-state index in [-0.39, 0.29) is 5.56 Å². The normalized spacial score (nSPS) is 14.4. The molecule has 16 heavy (non-hydrogen) atoms. The minimum atomic E-state index is -0.990. The van der Waals surface area contributed by atoms with E-state index >= 15 is 0 Å². The molecular formula is C12H11NO3. The molecule has 0 bridgehead atoms. The van der Waals surface area contributed by atoms with E-state index in [1.807, 2.05) is 18.2 Å². The number of nitrogens with zero attached hydrogens (tertiary/aromatic N) is 1. The maximum Gasteiger partial charge on any atom is 0.337 e. The van der Waals surface area contributed by atoms with Crippen LogP contribution in [-0.4, -0.2) is 16.1 Å². The summed E-state index contributed by atoms with van der Waals surface area (Å²) in [5.74, 6) is 0.167. The SMILES string of the molecule is O=C(O)c1ccc(OC2=CCCC=C2)nc1. The maximum atomic E-state index is 10.6. The zero-order valence-corrected chi connectivity index (χ0v) is 8.59. The van der Waals surface area contributed by atoms with Gasteiger partial charge in [0.2, 0.25) is 5.88 Å². The standard InChI is InChI=1S/C12H11NO3/c14-12(15)9-6-7-11(13-8-9)16-10-4-2-1-3-5-10/h2,4-8H,1,3H2,(H,14,15). The first-order valence-electron chi connectivity index (χ1n) is 4.99. The van der Waals surface area contributed by atoms with Crippen molar-refractivity contribution in [1.29, 1.82) is 0 Å². The van der Waals surface area contributed by atoms with Gasteiger partial charge in [-0.1, -0.05) is 6.08 Å². The van der Waals surface area contributed by atoms with Crippen LogP contribution in [0.3, 0.4) is 0 Å². The molecule has 82 valence electrons. The minimum absolute atomic E-state index is 0.153. The van der Waals surface area contributed by atoms with Gasteiger partial charge in [-0.25, -0.2) is 9.78 Å². The smallest absolute Gasteiger partial charge is 0.337 e. The number of aromatic nitrogens is 1. The fourth-order valence-corrected chi connectivity index (χ4v) is 1.35. The Labute approximate surface area is 92.9 Å². The molecule has 0 atom stereocenters. The van der Waals surface area contributed by atoms with Crippen LogP contribution < -0.4 is 4.74 Å². The van der Waals surface area contributed by atoms with Gasteiger partial charge in [0, 0.05) is 12.3 Å². The summed E-state index contributed by atoms with van der Waals surface area (Å²) in [7, 11) is 0. The zero-order valence-electron chi connectivity index (χ0n) is 8.59. The van der Waals surface area contributed by atoms with Crippen molar-refractivity contribution in [2.24, 2.45) is 0 Å². The molecule has 0 aromatic carbocycles. The summed E-state index contributed by atoms with van der Waals surface area (Å²) in [5.41, 5.74) is 0.153. The van der Waals surface area contributed by atoms with E-state index in [1.54, 1.807) is 6.07 Å². The lowest BCUT2D eigenvalue weighted by atomic mass is 10.2. The number of hydrogen-bond acceptors (Lipinski definition) is 3. The van der Waals surface area contributed by atoms with Crippen LogP contribution >= 0.6 is 0 Å². The van der Waals surface area contributed by atoms with Gasteiger partial charge >= 0.3 is 5.97 Å². The van der Waals surface area contributed by atoms with Crippen molar-refractivity contribution in [3.8, 4) is 5.88 Å². The van der Waals surface area contributed by atoms with Crippen molar-refractivity contribution in [2.75, 3.05) is 0 Å². The quantitative estimate of drug-likeness (QED) is 0.844. The molecule has 0 saturated heterocycles. The Hall–Kier alpha value is -2.10. The Balaban J connectivity index is 2.08. The highest BCUT2D eigenvalue weighted by Crippen LogP contribution is 2.15. The highest BCUT2D eigenvalue weighted by molar-refractivity contribution is 5.87. The molecule has 0 spiro atoms. The third-order valence-corrected chi connectivity index (χ3v) is 2.17. The molecule has 1 aliphatic rings. The Morgan fingerprint density at radius 1 is 1.38 bits per heavy atom. The summed E-state index contributed by atoms with van der Waals surface area (Å²) < 4.78 is 5.46. The number of ether oxygens (including phenoxy) is 1. The Bertz CT molecular complexity index is 446. The highest BCUT2D eigenvalue weighted by atomic mass is 16.5. The number of carboxylic acids is 1. The van der Waals surface area contributed by atoms with Crippen LogP contribution in [0.25, 0.3) is 0 Å². The molecule has 4 heteroatoms.